The molecule has 0 aliphatic rings. The van der Waals surface area contributed by atoms with Crippen LogP contribution in [0.15, 0.2) is 14.4 Å². The molecule has 1 unspecified atom stereocenters. The Balaban J connectivity index is -0.000000234. The fourth-order valence-electron chi connectivity index (χ4n) is 0.403. The van der Waals surface area contributed by atoms with Crippen molar-refractivity contribution in [2.45, 2.75) is 0 Å². The first-order valence-corrected chi connectivity index (χ1v) is 4.34. The SMILES string of the molecule is ClBr.F.O=c1[nH]c(=O)[nH]c(=O)[nH]1.P. The third-order valence-corrected chi connectivity index (χ3v) is 0.681. The van der Waals surface area contributed by atoms with E-state index in [1.807, 2.05) is 0 Å². The number of rotatable bonds is 0. The van der Waals surface area contributed by atoms with E-state index in [0.717, 1.165) is 0 Å². The van der Waals surface area contributed by atoms with Crippen molar-refractivity contribution in [1.29, 1.82) is 0 Å². The highest BCUT2D eigenvalue weighted by molar-refractivity contribution is 9.22. The monoisotopic (exact) mass is 297 g/mol. The van der Waals surface area contributed by atoms with E-state index in [1.165, 1.54) is 0 Å². The van der Waals surface area contributed by atoms with Crippen molar-refractivity contribution in [3.8, 4) is 0 Å². The Labute approximate surface area is 86.5 Å². The molecule has 10 heteroatoms. The molecule has 1 aromatic heterocycles. The molecule has 0 spiro atoms. The number of aromatic nitrogens is 3. The van der Waals surface area contributed by atoms with E-state index in [1.54, 1.807) is 15.0 Å². The maximum absolute atomic E-state index is 10.2. The first kappa shape index (κ1) is 18.3. The van der Waals surface area contributed by atoms with Gasteiger partial charge in [-0.25, -0.2) is 14.4 Å². The smallest absolute Gasteiger partial charge is 0.269 e. The Morgan fingerprint density at radius 1 is 0.846 bits per heavy atom. The van der Waals surface area contributed by atoms with Gasteiger partial charge in [0.1, 0.15) is 0 Å². The molecule has 0 fully saturated rings. The van der Waals surface area contributed by atoms with Crippen LogP contribution in [0.1, 0.15) is 0 Å². The molecule has 1 heterocycles. The van der Waals surface area contributed by atoms with Gasteiger partial charge in [-0.3, -0.25) is 19.7 Å². The van der Waals surface area contributed by atoms with Gasteiger partial charge in [0.25, 0.3) is 0 Å². The van der Waals surface area contributed by atoms with E-state index in [2.05, 4.69) is 25.1 Å². The Hall–Kier alpha value is -0.460. The molecule has 0 saturated heterocycles. The van der Waals surface area contributed by atoms with Crippen molar-refractivity contribution in [3.05, 3.63) is 31.5 Å². The van der Waals surface area contributed by atoms with Crippen molar-refractivity contribution in [3.63, 3.8) is 0 Å². The zero-order chi connectivity index (χ0) is 8.85. The predicted molar refractivity (Wildman–Crippen MR) is 56.7 cm³/mol. The van der Waals surface area contributed by atoms with E-state index >= 15 is 0 Å². The standard InChI is InChI=1S/C3H3N3O3.BrCl.FH.H3P/c7-1-4-2(8)6-3(9)5-1;1-2;;/h(H3,4,5,6,7,8,9);;1H;1H3. The van der Waals surface area contributed by atoms with E-state index in [4.69, 9.17) is 0 Å². The van der Waals surface area contributed by atoms with Gasteiger partial charge in [0.2, 0.25) is 0 Å². The van der Waals surface area contributed by atoms with Crippen molar-refractivity contribution >= 4 is 35.0 Å². The molecular formula is C3H7BrClFN3O3P. The number of halogens is 3. The lowest BCUT2D eigenvalue weighted by atomic mass is 11.0. The molecular weight excluding hydrogens is 291 g/mol. The Morgan fingerprint density at radius 2 is 1.00 bits per heavy atom. The van der Waals surface area contributed by atoms with Crippen molar-refractivity contribution in [1.82, 2.24) is 15.0 Å². The largest absolute Gasteiger partial charge is 0.330 e. The number of nitrogens with one attached hydrogen (secondary N) is 3. The van der Waals surface area contributed by atoms with Gasteiger partial charge in [0.05, 0.1) is 0 Å². The van der Waals surface area contributed by atoms with Gasteiger partial charge in [0, 0.05) is 15.0 Å². The Kier molecular flexibility index (Phi) is 13.6. The number of H-pyrrole nitrogens is 3. The molecule has 0 saturated carbocycles. The van der Waals surface area contributed by atoms with Gasteiger partial charge >= 0.3 is 17.1 Å². The van der Waals surface area contributed by atoms with Gasteiger partial charge in [-0.2, -0.15) is 9.90 Å². The van der Waals surface area contributed by atoms with Gasteiger partial charge in [-0.05, 0) is 10.1 Å². The van der Waals surface area contributed by atoms with E-state index in [-0.39, 0.29) is 14.6 Å². The van der Waals surface area contributed by atoms with Gasteiger partial charge < -0.3 is 0 Å². The van der Waals surface area contributed by atoms with Gasteiger partial charge in [0.15, 0.2) is 0 Å². The zero-order valence-electron chi connectivity index (χ0n) is 6.10. The maximum atomic E-state index is 10.2. The summed E-state index contributed by atoms with van der Waals surface area (Å²) in [5.74, 6) is 0. The number of hydrogen-bond donors (Lipinski definition) is 3. The summed E-state index contributed by atoms with van der Waals surface area (Å²) in [7, 11) is 4.45. The van der Waals surface area contributed by atoms with Crippen LogP contribution < -0.4 is 17.1 Å². The molecule has 0 aliphatic carbocycles. The summed E-state index contributed by atoms with van der Waals surface area (Å²) in [4.78, 5) is 35.9. The average molecular weight is 298 g/mol. The van der Waals surface area contributed by atoms with Crippen LogP contribution in [0.5, 0.6) is 0 Å². The summed E-state index contributed by atoms with van der Waals surface area (Å²) >= 11 is 2.41. The highest BCUT2D eigenvalue weighted by Crippen LogP contribution is 1.77. The minimum atomic E-state index is -0.802. The highest BCUT2D eigenvalue weighted by Gasteiger charge is 1.84. The molecule has 1 rings (SSSR count). The molecule has 78 valence electrons. The van der Waals surface area contributed by atoms with Crippen molar-refractivity contribution in [2.24, 2.45) is 0 Å². The van der Waals surface area contributed by atoms with Crippen LogP contribution in [0.2, 0.25) is 0 Å². The van der Waals surface area contributed by atoms with E-state index in [0.29, 0.717) is 0 Å². The van der Waals surface area contributed by atoms with Crippen molar-refractivity contribution in [2.75, 3.05) is 0 Å². The molecule has 13 heavy (non-hydrogen) atoms. The first-order chi connectivity index (χ1) is 5.18. The van der Waals surface area contributed by atoms with E-state index in [9.17, 15) is 14.4 Å². The second-order valence-electron chi connectivity index (χ2n) is 1.36. The summed E-state index contributed by atoms with van der Waals surface area (Å²) in [5, 5.41) is 0. The second-order valence-corrected chi connectivity index (χ2v) is 1.36. The predicted octanol–water partition coefficient (Wildman–Crippen LogP) is -0.503. The number of aromatic amines is 3. The van der Waals surface area contributed by atoms with Gasteiger partial charge in [-0.1, -0.05) is 0 Å². The van der Waals surface area contributed by atoms with Crippen LogP contribution in [0, 0.1) is 0 Å². The minimum absolute atomic E-state index is 0. The second kappa shape index (κ2) is 9.63. The quantitative estimate of drug-likeness (QED) is 0.563. The summed E-state index contributed by atoms with van der Waals surface area (Å²) in [6.45, 7) is 0. The van der Waals surface area contributed by atoms with Gasteiger partial charge in [-0.15, -0.1) is 0 Å². The molecule has 1 aromatic rings. The fourth-order valence-corrected chi connectivity index (χ4v) is 0.403. The fraction of sp³-hybridized carbons (Fsp3) is 0. The van der Waals surface area contributed by atoms with Crippen LogP contribution in [-0.4, -0.2) is 15.0 Å². The first-order valence-electron chi connectivity index (χ1n) is 2.26. The van der Waals surface area contributed by atoms with E-state index < -0.39 is 17.1 Å². The summed E-state index contributed by atoms with van der Waals surface area (Å²) in [5.41, 5.74) is -2.41. The molecule has 0 aromatic carbocycles. The Morgan fingerprint density at radius 3 is 1.15 bits per heavy atom. The molecule has 0 radical (unpaired) electrons. The van der Waals surface area contributed by atoms with Crippen LogP contribution in [0.3, 0.4) is 0 Å². The van der Waals surface area contributed by atoms with Crippen molar-refractivity contribution < 1.29 is 4.70 Å². The normalized spacial score (nSPS) is 6.92. The minimum Gasteiger partial charge on any atom is -0.269 e. The topological polar surface area (TPSA) is 98.6 Å². The maximum Gasteiger partial charge on any atom is 0.330 e. The number of hydrogen-bond acceptors (Lipinski definition) is 3. The molecule has 0 aliphatic heterocycles. The molecule has 6 nitrogen and oxygen atoms in total. The average Bonchev–Trinajstić information content (AvgIpc) is 1.88. The van der Waals surface area contributed by atoms with Crippen LogP contribution >= 0.6 is 35.0 Å². The van der Waals surface area contributed by atoms with Crippen LogP contribution in [0.4, 0.5) is 4.70 Å². The highest BCUT2D eigenvalue weighted by atomic mass is 79.9. The lowest BCUT2D eigenvalue weighted by Crippen LogP contribution is -2.34. The summed E-state index contributed by atoms with van der Waals surface area (Å²) in [6, 6.07) is 0. The third-order valence-electron chi connectivity index (χ3n) is 0.681. The molecule has 1 atom stereocenters. The Bertz CT molecular complexity index is 296. The lowest BCUT2D eigenvalue weighted by molar-refractivity contribution is 0.888. The lowest BCUT2D eigenvalue weighted by Gasteiger charge is -1.77. The van der Waals surface area contributed by atoms with Crippen LogP contribution in [-0.2, 0) is 0 Å². The summed E-state index contributed by atoms with van der Waals surface area (Å²) in [6.07, 6.45) is 0. The molecule has 0 amide bonds. The molecule has 0 bridgehead atoms. The molecule has 3 N–H and O–H groups in total. The third kappa shape index (κ3) is 7.89. The zero-order valence-corrected chi connectivity index (χ0v) is 9.85. The van der Waals surface area contributed by atoms with Crippen LogP contribution in [0.25, 0.3) is 0 Å². The summed E-state index contributed by atoms with van der Waals surface area (Å²) < 4.78 is 0.